The van der Waals surface area contributed by atoms with Crippen molar-refractivity contribution in [1.29, 1.82) is 0 Å². The third kappa shape index (κ3) is 6.42. The molecule has 1 heterocycles. The molecule has 0 aliphatic heterocycles. The van der Waals surface area contributed by atoms with Gasteiger partial charge in [-0.25, -0.2) is 4.98 Å². The van der Waals surface area contributed by atoms with E-state index in [4.69, 9.17) is 4.74 Å². The third-order valence-corrected chi connectivity index (χ3v) is 4.78. The number of rotatable bonds is 7. The fourth-order valence-corrected chi connectivity index (χ4v) is 3.21. The lowest BCUT2D eigenvalue weighted by Crippen LogP contribution is -2.39. The van der Waals surface area contributed by atoms with E-state index in [1.54, 1.807) is 14.2 Å². The number of hydrogen-bond donors (Lipinski definition) is 2. The molecule has 0 spiro atoms. The van der Waals surface area contributed by atoms with E-state index in [0.717, 1.165) is 40.0 Å². The lowest BCUT2D eigenvalue weighted by atomic mass is 10.1. The van der Waals surface area contributed by atoms with Crippen molar-refractivity contribution in [3.63, 3.8) is 0 Å². The van der Waals surface area contributed by atoms with Crippen molar-refractivity contribution in [2.75, 3.05) is 27.2 Å². The highest BCUT2D eigenvalue weighted by atomic mass is 32.1. The first-order valence-electron chi connectivity index (χ1n) is 8.43. The van der Waals surface area contributed by atoms with Crippen LogP contribution >= 0.6 is 11.3 Å². The van der Waals surface area contributed by atoms with Gasteiger partial charge in [0, 0.05) is 31.9 Å². The van der Waals surface area contributed by atoms with Gasteiger partial charge < -0.3 is 15.4 Å². The van der Waals surface area contributed by atoms with E-state index in [9.17, 15) is 13.2 Å². The maximum atomic E-state index is 12.5. The van der Waals surface area contributed by atoms with Gasteiger partial charge in [-0.05, 0) is 30.5 Å². The summed E-state index contributed by atoms with van der Waals surface area (Å²) in [5.74, 6) is 1.46. The Labute approximate surface area is 160 Å². The molecule has 0 saturated heterocycles. The second-order valence-corrected chi connectivity index (χ2v) is 6.80. The lowest BCUT2D eigenvalue weighted by Gasteiger charge is -2.12. The first kappa shape index (κ1) is 21.0. The van der Waals surface area contributed by atoms with Crippen molar-refractivity contribution < 1.29 is 17.9 Å². The highest BCUT2D eigenvalue weighted by molar-refractivity contribution is 7.09. The summed E-state index contributed by atoms with van der Waals surface area (Å²) in [4.78, 5) is 7.73. The predicted molar refractivity (Wildman–Crippen MR) is 102 cm³/mol. The molecule has 1 aromatic carbocycles. The van der Waals surface area contributed by atoms with Gasteiger partial charge in [-0.1, -0.05) is 12.1 Å². The number of methoxy groups -OCH3 is 1. The van der Waals surface area contributed by atoms with Gasteiger partial charge in [0.2, 0.25) is 0 Å². The normalized spacial score (nSPS) is 12.1. The van der Waals surface area contributed by atoms with E-state index in [1.807, 2.05) is 19.1 Å². The number of ether oxygens (including phenoxy) is 1. The summed E-state index contributed by atoms with van der Waals surface area (Å²) in [5, 5.41) is 7.75. The average Bonchev–Trinajstić information content (AvgIpc) is 3.11. The van der Waals surface area contributed by atoms with Crippen molar-refractivity contribution >= 4 is 17.3 Å². The first-order chi connectivity index (χ1) is 12.8. The molecule has 0 atom stereocenters. The highest BCUT2D eigenvalue weighted by Gasteiger charge is 2.33. The minimum atomic E-state index is -4.39. The Kier molecular flexibility index (Phi) is 7.46. The summed E-state index contributed by atoms with van der Waals surface area (Å²) < 4.78 is 43.0. The molecule has 0 radical (unpaired) electrons. The summed E-state index contributed by atoms with van der Waals surface area (Å²) in [6, 6.07) is 6.08. The molecule has 0 fully saturated rings. The average molecular weight is 400 g/mol. The molecule has 27 heavy (non-hydrogen) atoms. The number of guanidine groups is 1. The molecule has 1 aromatic heterocycles. The zero-order chi connectivity index (χ0) is 19.9. The molecule has 0 unspecified atom stereocenters. The van der Waals surface area contributed by atoms with Gasteiger partial charge in [-0.3, -0.25) is 4.99 Å². The van der Waals surface area contributed by atoms with Crippen molar-refractivity contribution in [1.82, 2.24) is 15.6 Å². The van der Waals surface area contributed by atoms with Gasteiger partial charge in [0.05, 0.1) is 12.1 Å². The van der Waals surface area contributed by atoms with Gasteiger partial charge >= 0.3 is 6.18 Å². The Morgan fingerprint density at radius 2 is 1.93 bits per heavy atom. The van der Waals surface area contributed by atoms with Crippen LogP contribution in [0.1, 0.15) is 21.8 Å². The number of aryl methyl sites for hydroxylation is 1. The van der Waals surface area contributed by atoms with Gasteiger partial charge in [-0.15, -0.1) is 11.3 Å². The second-order valence-electron chi connectivity index (χ2n) is 5.85. The molecule has 9 heteroatoms. The number of thiazole rings is 1. The van der Waals surface area contributed by atoms with Crippen molar-refractivity contribution in [2.24, 2.45) is 4.99 Å². The lowest BCUT2D eigenvalue weighted by molar-refractivity contribution is -0.140. The molecule has 2 N–H and O–H groups in total. The molecule has 0 amide bonds. The molecule has 0 saturated carbocycles. The largest absolute Gasteiger partial charge is 0.496 e. The van der Waals surface area contributed by atoms with Gasteiger partial charge in [-0.2, -0.15) is 13.2 Å². The number of hydrogen-bond acceptors (Lipinski definition) is 4. The van der Waals surface area contributed by atoms with Crippen LogP contribution in [0.2, 0.25) is 0 Å². The minimum absolute atomic E-state index is 0.399. The van der Waals surface area contributed by atoms with Crippen molar-refractivity contribution in [3.05, 3.63) is 45.4 Å². The molecule has 0 aliphatic rings. The molecule has 148 valence electrons. The van der Waals surface area contributed by atoms with Crippen LogP contribution in [0.5, 0.6) is 5.75 Å². The summed E-state index contributed by atoms with van der Waals surface area (Å²) in [5.41, 5.74) is 1.39. The number of nitrogens with zero attached hydrogens (tertiary/aromatic N) is 2. The van der Waals surface area contributed by atoms with E-state index >= 15 is 0 Å². The molecular weight excluding hydrogens is 377 g/mol. The quantitative estimate of drug-likeness (QED) is 0.552. The zero-order valence-corrected chi connectivity index (χ0v) is 16.3. The van der Waals surface area contributed by atoms with E-state index in [1.165, 1.54) is 0 Å². The smallest absolute Gasteiger partial charge is 0.434 e. The maximum absolute atomic E-state index is 12.5. The van der Waals surface area contributed by atoms with Crippen LogP contribution in [0.25, 0.3) is 0 Å². The van der Waals surface area contributed by atoms with Crippen molar-refractivity contribution in [2.45, 2.75) is 25.9 Å². The number of aromatic nitrogens is 1. The zero-order valence-electron chi connectivity index (χ0n) is 15.5. The fraction of sp³-hybridized carbons (Fsp3) is 0.444. The monoisotopic (exact) mass is 400 g/mol. The fourth-order valence-electron chi connectivity index (χ4n) is 2.41. The standard InChI is InChI=1S/C18H23F3N4OS/c1-12-4-5-13(10-14(12)26-3)6-8-23-17(22-2)24-9-7-16-25-15(11-27-16)18(19,20)21/h4-5,10-11H,6-9H2,1-3H3,(H2,22,23,24). The number of alkyl halides is 3. The van der Waals surface area contributed by atoms with E-state index < -0.39 is 11.9 Å². The van der Waals surface area contributed by atoms with E-state index in [-0.39, 0.29) is 0 Å². The summed E-state index contributed by atoms with van der Waals surface area (Å²) >= 11 is 1.01. The third-order valence-electron chi connectivity index (χ3n) is 3.88. The number of aliphatic imine (C=N–C) groups is 1. The minimum Gasteiger partial charge on any atom is -0.496 e. The van der Waals surface area contributed by atoms with Crippen LogP contribution in [0.4, 0.5) is 13.2 Å². The van der Waals surface area contributed by atoms with Crippen LogP contribution < -0.4 is 15.4 Å². The number of nitrogens with one attached hydrogen (secondary N) is 2. The first-order valence-corrected chi connectivity index (χ1v) is 9.31. The molecule has 5 nitrogen and oxygen atoms in total. The van der Waals surface area contributed by atoms with Crippen LogP contribution in [0.15, 0.2) is 28.6 Å². The Hall–Kier alpha value is -2.29. The van der Waals surface area contributed by atoms with Crippen LogP contribution in [-0.4, -0.2) is 38.2 Å². The molecular formula is C18H23F3N4OS. The molecule has 2 aromatic rings. The second kappa shape index (κ2) is 9.59. The Balaban J connectivity index is 1.75. The van der Waals surface area contributed by atoms with E-state index in [0.29, 0.717) is 30.5 Å². The molecule has 0 bridgehead atoms. The van der Waals surface area contributed by atoms with Crippen LogP contribution in [0.3, 0.4) is 0 Å². The van der Waals surface area contributed by atoms with Gasteiger partial charge in [0.1, 0.15) is 5.75 Å². The summed E-state index contributed by atoms with van der Waals surface area (Å²) in [6.07, 6.45) is -3.20. The molecule has 0 aliphatic carbocycles. The SMILES string of the molecule is CN=C(NCCc1ccc(C)c(OC)c1)NCCc1nc(C(F)(F)F)cs1. The Morgan fingerprint density at radius 1 is 1.22 bits per heavy atom. The van der Waals surface area contributed by atoms with Gasteiger partial charge in [0.25, 0.3) is 0 Å². The highest BCUT2D eigenvalue weighted by Crippen LogP contribution is 2.30. The van der Waals surface area contributed by atoms with Gasteiger partial charge in [0.15, 0.2) is 11.7 Å². The molecule has 2 rings (SSSR count). The topological polar surface area (TPSA) is 58.5 Å². The Morgan fingerprint density at radius 3 is 2.52 bits per heavy atom. The van der Waals surface area contributed by atoms with Crippen molar-refractivity contribution in [3.8, 4) is 5.75 Å². The van der Waals surface area contributed by atoms with E-state index in [2.05, 4.69) is 26.7 Å². The number of halogens is 3. The summed E-state index contributed by atoms with van der Waals surface area (Å²) in [6.45, 7) is 3.11. The van der Waals surface area contributed by atoms with Crippen LogP contribution in [0, 0.1) is 6.92 Å². The number of benzene rings is 1. The maximum Gasteiger partial charge on any atom is 0.434 e. The Bertz CT molecular complexity index is 774. The predicted octanol–water partition coefficient (Wildman–Crippen LogP) is 3.43. The van der Waals surface area contributed by atoms with Crippen LogP contribution in [-0.2, 0) is 19.0 Å². The summed E-state index contributed by atoms with van der Waals surface area (Å²) in [7, 11) is 3.30.